The summed E-state index contributed by atoms with van der Waals surface area (Å²) in [6.45, 7) is 3.98. The van der Waals surface area contributed by atoms with E-state index in [0.717, 1.165) is 5.39 Å². The van der Waals surface area contributed by atoms with E-state index < -0.39 is 0 Å². The molecule has 0 aliphatic carbocycles. The van der Waals surface area contributed by atoms with Gasteiger partial charge < -0.3 is 4.74 Å². The van der Waals surface area contributed by atoms with E-state index in [1.54, 1.807) is 12.3 Å². The fraction of sp³-hybridized carbons (Fsp3) is 0.273. The van der Waals surface area contributed by atoms with Crippen LogP contribution < -0.4 is 4.74 Å². The van der Waals surface area contributed by atoms with Crippen LogP contribution in [0.5, 0.6) is 5.88 Å². The minimum atomic E-state index is -0.0499. The van der Waals surface area contributed by atoms with Crippen LogP contribution in [0.3, 0.4) is 0 Å². The monoisotopic (exact) mass is 204 g/mol. The molecule has 0 saturated heterocycles. The Morgan fingerprint density at radius 3 is 2.93 bits per heavy atom. The summed E-state index contributed by atoms with van der Waals surface area (Å²) < 4.78 is 6.79. The topological polar surface area (TPSA) is 44.1 Å². The number of pyridine rings is 1. The SMILES string of the molecule is CCOc1ccc2ccn(C(C)=O)c2n1. The van der Waals surface area contributed by atoms with Crippen LogP contribution in [0.25, 0.3) is 11.0 Å². The molecule has 78 valence electrons. The van der Waals surface area contributed by atoms with Crippen molar-refractivity contribution >= 4 is 16.9 Å². The largest absolute Gasteiger partial charge is 0.478 e. The molecule has 0 fully saturated rings. The van der Waals surface area contributed by atoms with Crippen molar-refractivity contribution in [2.45, 2.75) is 13.8 Å². The summed E-state index contributed by atoms with van der Waals surface area (Å²) in [5.74, 6) is 0.498. The Hall–Kier alpha value is -1.84. The van der Waals surface area contributed by atoms with Crippen LogP contribution in [0.15, 0.2) is 24.4 Å². The first-order valence-corrected chi connectivity index (χ1v) is 4.84. The normalized spacial score (nSPS) is 10.5. The van der Waals surface area contributed by atoms with Gasteiger partial charge in [-0.2, -0.15) is 4.98 Å². The predicted octanol–water partition coefficient (Wildman–Crippen LogP) is 2.10. The lowest BCUT2D eigenvalue weighted by atomic mass is 10.3. The molecule has 0 spiro atoms. The smallest absolute Gasteiger partial charge is 0.229 e. The molecular formula is C11H12N2O2. The lowest BCUT2D eigenvalue weighted by molar-refractivity contribution is 0.0941. The standard InChI is InChI=1S/C11H12N2O2/c1-3-15-10-5-4-9-6-7-13(8(2)14)11(9)12-10/h4-7H,3H2,1-2H3. The third kappa shape index (κ3) is 1.70. The van der Waals surface area contributed by atoms with E-state index in [2.05, 4.69) is 4.98 Å². The van der Waals surface area contributed by atoms with Gasteiger partial charge in [0, 0.05) is 24.6 Å². The van der Waals surface area contributed by atoms with Crippen LogP contribution in [-0.4, -0.2) is 22.1 Å². The van der Waals surface area contributed by atoms with Crippen LogP contribution in [0.1, 0.15) is 18.6 Å². The summed E-state index contributed by atoms with van der Waals surface area (Å²) in [5, 5.41) is 0.939. The molecule has 0 unspecified atom stereocenters. The van der Waals surface area contributed by atoms with E-state index in [-0.39, 0.29) is 5.91 Å². The van der Waals surface area contributed by atoms with Gasteiger partial charge in [-0.25, -0.2) is 0 Å². The molecule has 0 aliphatic rings. The Balaban J connectivity index is 2.56. The van der Waals surface area contributed by atoms with Crippen LogP contribution in [-0.2, 0) is 0 Å². The number of carbonyl (C=O) groups excluding carboxylic acids is 1. The number of nitrogens with zero attached hydrogens (tertiary/aromatic N) is 2. The Morgan fingerprint density at radius 2 is 2.27 bits per heavy atom. The van der Waals surface area contributed by atoms with Gasteiger partial charge in [-0.05, 0) is 19.1 Å². The van der Waals surface area contributed by atoms with Gasteiger partial charge in [-0.1, -0.05) is 0 Å². The first-order chi connectivity index (χ1) is 7.22. The summed E-state index contributed by atoms with van der Waals surface area (Å²) in [6, 6.07) is 5.56. The zero-order valence-corrected chi connectivity index (χ0v) is 8.73. The molecule has 0 atom stereocenters. The van der Waals surface area contributed by atoms with Gasteiger partial charge in [0.1, 0.15) is 0 Å². The minimum Gasteiger partial charge on any atom is -0.478 e. The minimum absolute atomic E-state index is 0.0499. The van der Waals surface area contributed by atoms with E-state index in [9.17, 15) is 4.79 Å². The molecule has 15 heavy (non-hydrogen) atoms. The predicted molar refractivity (Wildman–Crippen MR) is 57.2 cm³/mol. The zero-order chi connectivity index (χ0) is 10.8. The third-order valence-electron chi connectivity index (χ3n) is 2.14. The van der Waals surface area contributed by atoms with E-state index in [1.807, 2.05) is 19.1 Å². The maximum Gasteiger partial charge on any atom is 0.229 e. The highest BCUT2D eigenvalue weighted by Gasteiger charge is 2.06. The molecule has 2 aromatic rings. The summed E-state index contributed by atoms with van der Waals surface area (Å²) in [4.78, 5) is 15.5. The first kappa shape index (κ1) is 9.71. The Morgan fingerprint density at radius 1 is 1.47 bits per heavy atom. The number of hydrogen-bond acceptors (Lipinski definition) is 3. The molecule has 0 N–H and O–H groups in total. The van der Waals surface area contributed by atoms with Crippen molar-refractivity contribution in [1.29, 1.82) is 0 Å². The second kappa shape index (κ2) is 3.73. The molecule has 0 amide bonds. The van der Waals surface area contributed by atoms with Crippen LogP contribution in [0, 0.1) is 0 Å². The van der Waals surface area contributed by atoms with Gasteiger partial charge in [0.2, 0.25) is 11.8 Å². The Labute approximate surface area is 87.5 Å². The van der Waals surface area contributed by atoms with Gasteiger partial charge in [-0.3, -0.25) is 9.36 Å². The van der Waals surface area contributed by atoms with Crippen molar-refractivity contribution in [1.82, 2.24) is 9.55 Å². The van der Waals surface area contributed by atoms with E-state index >= 15 is 0 Å². The van der Waals surface area contributed by atoms with Crippen molar-refractivity contribution in [2.75, 3.05) is 6.61 Å². The zero-order valence-electron chi connectivity index (χ0n) is 8.73. The van der Waals surface area contributed by atoms with Crippen molar-refractivity contribution in [3.63, 3.8) is 0 Å². The molecule has 0 aliphatic heterocycles. The van der Waals surface area contributed by atoms with Gasteiger partial charge in [0.05, 0.1) is 6.61 Å². The number of aromatic nitrogens is 2. The number of hydrogen-bond donors (Lipinski definition) is 0. The second-order valence-corrected chi connectivity index (χ2v) is 3.20. The van der Waals surface area contributed by atoms with Crippen LogP contribution in [0.2, 0.25) is 0 Å². The lowest BCUT2D eigenvalue weighted by Crippen LogP contribution is -2.05. The Kier molecular flexibility index (Phi) is 2.41. The summed E-state index contributed by atoms with van der Waals surface area (Å²) in [6.07, 6.45) is 1.72. The highest BCUT2D eigenvalue weighted by molar-refractivity contribution is 5.89. The number of carbonyl (C=O) groups is 1. The molecule has 4 heteroatoms. The lowest BCUT2D eigenvalue weighted by Gasteiger charge is -2.03. The molecule has 2 aromatic heterocycles. The van der Waals surface area contributed by atoms with Gasteiger partial charge in [0.15, 0.2) is 5.65 Å². The molecule has 4 nitrogen and oxygen atoms in total. The Bertz CT molecular complexity index is 502. The van der Waals surface area contributed by atoms with Crippen molar-refractivity contribution < 1.29 is 9.53 Å². The van der Waals surface area contributed by atoms with E-state index in [1.165, 1.54) is 11.5 Å². The highest BCUT2D eigenvalue weighted by atomic mass is 16.5. The number of rotatable bonds is 2. The quantitative estimate of drug-likeness (QED) is 0.752. The average Bonchev–Trinajstić information content (AvgIpc) is 2.61. The van der Waals surface area contributed by atoms with Gasteiger partial charge >= 0.3 is 0 Å². The maximum absolute atomic E-state index is 11.3. The van der Waals surface area contributed by atoms with Crippen molar-refractivity contribution in [2.24, 2.45) is 0 Å². The van der Waals surface area contributed by atoms with E-state index in [4.69, 9.17) is 4.74 Å². The van der Waals surface area contributed by atoms with Gasteiger partial charge in [-0.15, -0.1) is 0 Å². The third-order valence-corrected chi connectivity index (χ3v) is 2.14. The van der Waals surface area contributed by atoms with Crippen molar-refractivity contribution in [3.8, 4) is 5.88 Å². The fourth-order valence-electron chi connectivity index (χ4n) is 1.47. The van der Waals surface area contributed by atoms with Gasteiger partial charge in [0.25, 0.3) is 0 Å². The van der Waals surface area contributed by atoms with Crippen LogP contribution in [0.4, 0.5) is 0 Å². The maximum atomic E-state index is 11.3. The first-order valence-electron chi connectivity index (χ1n) is 4.84. The highest BCUT2D eigenvalue weighted by Crippen LogP contribution is 2.17. The average molecular weight is 204 g/mol. The molecule has 2 rings (SSSR count). The van der Waals surface area contributed by atoms with Crippen LogP contribution >= 0.6 is 0 Å². The van der Waals surface area contributed by atoms with Crippen molar-refractivity contribution in [3.05, 3.63) is 24.4 Å². The summed E-state index contributed by atoms with van der Waals surface area (Å²) in [5.41, 5.74) is 0.647. The molecule has 2 heterocycles. The summed E-state index contributed by atoms with van der Waals surface area (Å²) >= 11 is 0. The molecule has 0 bridgehead atoms. The fourth-order valence-corrected chi connectivity index (χ4v) is 1.47. The molecular weight excluding hydrogens is 192 g/mol. The molecule has 0 saturated carbocycles. The second-order valence-electron chi connectivity index (χ2n) is 3.20. The van der Waals surface area contributed by atoms with E-state index in [0.29, 0.717) is 18.1 Å². The molecule has 0 radical (unpaired) electrons. The molecule has 0 aromatic carbocycles. The number of ether oxygens (including phenoxy) is 1. The summed E-state index contributed by atoms with van der Waals surface area (Å²) in [7, 11) is 0. The number of fused-ring (bicyclic) bond motifs is 1.